The zero-order chi connectivity index (χ0) is 19.0. The van der Waals surface area contributed by atoms with Crippen LogP contribution < -0.4 is 15.4 Å². The quantitative estimate of drug-likeness (QED) is 0.579. The van der Waals surface area contributed by atoms with Crippen molar-refractivity contribution in [2.75, 3.05) is 13.7 Å². The average Bonchev–Trinajstić information content (AvgIpc) is 2.90. The summed E-state index contributed by atoms with van der Waals surface area (Å²) in [6, 6.07) is 7.98. The van der Waals surface area contributed by atoms with E-state index in [-0.39, 0.29) is 17.9 Å². The van der Waals surface area contributed by atoms with Crippen LogP contribution in [-0.4, -0.2) is 31.5 Å². The van der Waals surface area contributed by atoms with Crippen LogP contribution in [0.2, 0.25) is 0 Å². The zero-order valence-corrected chi connectivity index (χ0v) is 16.3. The molecule has 5 nitrogen and oxygen atoms in total. The second-order valence-electron chi connectivity index (χ2n) is 7.64. The highest BCUT2D eigenvalue weighted by atomic mass is 16.5. The van der Waals surface area contributed by atoms with Gasteiger partial charge in [-0.1, -0.05) is 37.8 Å². The van der Waals surface area contributed by atoms with E-state index < -0.39 is 5.41 Å². The Balaban J connectivity index is 1.80. The first-order chi connectivity index (χ1) is 12.4. The number of hydrogen-bond acceptors (Lipinski definition) is 3. The van der Waals surface area contributed by atoms with Crippen LogP contribution in [0.5, 0.6) is 5.75 Å². The normalized spacial score (nSPS) is 15.8. The van der Waals surface area contributed by atoms with Crippen LogP contribution in [-0.2, 0) is 16.0 Å². The Morgan fingerprint density at radius 1 is 1.04 bits per heavy atom. The molecule has 0 heterocycles. The summed E-state index contributed by atoms with van der Waals surface area (Å²) in [7, 11) is 1.64. The summed E-state index contributed by atoms with van der Waals surface area (Å²) in [6.07, 6.45) is 7.53. The number of carbonyl (C=O) groups is 2. The zero-order valence-electron chi connectivity index (χ0n) is 16.3. The summed E-state index contributed by atoms with van der Waals surface area (Å²) in [6.45, 7) is 3.90. The molecule has 0 saturated heterocycles. The molecule has 0 atom stereocenters. The van der Waals surface area contributed by atoms with Gasteiger partial charge in [0.2, 0.25) is 11.8 Å². The van der Waals surface area contributed by atoms with Crippen molar-refractivity contribution in [2.24, 2.45) is 5.41 Å². The van der Waals surface area contributed by atoms with Gasteiger partial charge in [-0.25, -0.2) is 0 Å². The summed E-state index contributed by atoms with van der Waals surface area (Å²) in [5.41, 5.74) is 0.0541. The standard InChI is InChI=1S/C21H32N2O3/c1-21(2,20(25)23-17-8-6-4-5-7-9-17)19(24)22-15-14-16-10-12-18(26-3)13-11-16/h10-13,17H,4-9,14-15H2,1-3H3,(H,22,24)(H,23,25). The number of carbonyl (C=O) groups excluding carboxylic acids is 2. The smallest absolute Gasteiger partial charge is 0.235 e. The van der Waals surface area contributed by atoms with Gasteiger partial charge < -0.3 is 15.4 Å². The number of hydrogen-bond donors (Lipinski definition) is 2. The van der Waals surface area contributed by atoms with E-state index in [1.54, 1.807) is 21.0 Å². The van der Waals surface area contributed by atoms with Gasteiger partial charge in [0, 0.05) is 12.6 Å². The third kappa shape index (κ3) is 5.75. The van der Waals surface area contributed by atoms with Crippen LogP contribution in [0.1, 0.15) is 57.9 Å². The fourth-order valence-corrected chi connectivity index (χ4v) is 3.23. The van der Waals surface area contributed by atoms with Gasteiger partial charge in [0.15, 0.2) is 0 Å². The van der Waals surface area contributed by atoms with Crippen molar-refractivity contribution in [1.82, 2.24) is 10.6 Å². The second kappa shape index (κ2) is 9.60. The number of amides is 2. The minimum Gasteiger partial charge on any atom is -0.497 e. The third-order valence-corrected chi connectivity index (χ3v) is 5.18. The van der Waals surface area contributed by atoms with Gasteiger partial charge in [0.25, 0.3) is 0 Å². The molecule has 2 amide bonds. The van der Waals surface area contributed by atoms with Gasteiger partial charge in [-0.2, -0.15) is 0 Å². The van der Waals surface area contributed by atoms with Crippen LogP contribution in [0.15, 0.2) is 24.3 Å². The highest BCUT2D eigenvalue weighted by Gasteiger charge is 2.36. The van der Waals surface area contributed by atoms with E-state index in [9.17, 15) is 9.59 Å². The second-order valence-corrected chi connectivity index (χ2v) is 7.64. The van der Waals surface area contributed by atoms with Crippen molar-refractivity contribution >= 4 is 11.8 Å². The molecule has 1 aliphatic rings. The number of methoxy groups -OCH3 is 1. The number of rotatable bonds is 7. The summed E-state index contributed by atoms with van der Waals surface area (Å²) in [5, 5.41) is 5.99. The summed E-state index contributed by atoms with van der Waals surface area (Å²) in [4.78, 5) is 25.1. The molecule has 26 heavy (non-hydrogen) atoms. The Morgan fingerprint density at radius 2 is 1.65 bits per heavy atom. The molecule has 0 spiro atoms. The van der Waals surface area contributed by atoms with Crippen LogP contribution in [0.4, 0.5) is 0 Å². The monoisotopic (exact) mass is 360 g/mol. The Hall–Kier alpha value is -2.04. The van der Waals surface area contributed by atoms with E-state index in [1.807, 2.05) is 24.3 Å². The topological polar surface area (TPSA) is 67.4 Å². The molecule has 0 aliphatic heterocycles. The van der Waals surface area contributed by atoms with Gasteiger partial charge in [0.1, 0.15) is 11.2 Å². The van der Waals surface area contributed by atoms with E-state index >= 15 is 0 Å². The summed E-state index contributed by atoms with van der Waals surface area (Å²) < 4.78 is 5.14. The molecule has 1 saturated carbocycles. The minimum absolute atomic E-state index is 0.175. The van der Waals surface area contributed by atoms with Crippen molar-refractivity contribution in [1.29, 1.82) is 0 Å². The molecule has 0 aromatic heterocycles. The van der Waals surface area contributed by atoms with Gasteiger partial charge in [-0.15, -0.1) is 0 Å². The molecular weight excluding hydrogens is 328 g/mol. The SMILES string of the molecule is COc1ccc(CCNC(=O)C(C)(C)C(=O)NC2CCCCCC2)cc1. The molecule has 2 N–H and O–H groups in total. The highest BCUT2D eigenvalue weighted by molar-refractivity contribution is 6.04. The maximum atomic E-state index is 12.6. The van der Waals surface area contributed by atoms with Crippen LogP contribution >= 0.6 is 0 Å². The maximum Gasteiger partial charge on any atom is 0.235 e. The van der Waals surface area contributed by atoms with Crippen molar-refractivity contribution in [3.63, 3.8) is 0 Å². The van der Waals surface area contributed by atoms with E-state index in [0.29, 0.717) is 6.54 Å². The third-order valence-electron chi connectivity index (χ3n) is 5.18. The van der Waals surface area contributed by atoms with Crippen molar-refractivity contribution in [3.05, 3.63) is 29.8 Å². The van der Waals surface area contributed by atoms with Crippen LogP contribution in [0.3, 0.4) is 0 Å². The first kappa shape index (κ1) is 20.3. The first-order valence-corrected chi connectivity index (χ1v) is 9.65. The molecule has 1 fully saturated rings. The fraction of sp³-hybridized carbons (Fsp3) is 0.619. The lowest BCUT2D eigenvalue weighted by molar-refractivity contribution is -0.141. The fourth-order valence-electron chi connectivity index (χ4n) is 3.23. The lowest BCUT2D eigenvalue weighted by atomic mass is 9.90. The molecule has 5 heteroatoms. The van der Waals surface area contributed by atoms with Crippen LogP contribution in [0, 0.1) is 5.41 Å². The molecule has 0 unspecified atom stereocenters. The van der Waals surface area contributed by atoms with E-state index in [4.69, 9.17) is 4.74 Å². The predicted molar refractivity (Wildman–Crippen MR) is 103 cm³/mol. The lowest BCUT2D eigenvalue weighted by Gasteiger charge is -2.26. The molecule has 1 aromatic carbocycles. The van der Waals surface area contributed by atoms with Crippen molar-refractivity contribution in [3.8, 4) is 5.75 Å². The van der Waals surface area contributed by atoms with E-state index in [0.717, 1.165) is 43.4 Å². The Morgan fingerprint density at radius 3 is 2.23 bits per heavy atom. The van der Waals surface area contributed by atoms with Crippen LogP contribution in [0.25, 0.3) is 0 Å². The van der Waals surface area contributed by atoms with Gasteiger partial charge >= 0.3 is 0 Å². The van der Waals surface area contributed by atoms with E-state index in [2.05, 4.69) is 10.6 Å². The van der Waals surface area contributed by atoms with E-state index in [1.165, 1.54) is 12.8 Å². The Kier molecular flexibility index (Phi) is 7.49. The maximum absolute atomic E-state index is 12.6. The van der Waals surface area contributed by atoms with Crippen molar-refractivity contribution in [2.45, 2.75) is 64.8 Å². The lowest BCUT2D eigenvalue weighted by Crippen LogP contribution is -2.50. The Bertz CT molecular complexity index is 588. The van der Waals surface area contributed by atoms with Crippen molar-refractivity contribution < 1.29 is 14.3 Å². The first-order valence-electron chi connectivity index (χ1n) is 9.65. The largest absolute Gasteiger partial charge is 0.497 e. The number of benzene rings is 1. The molecule has 2 rings (SSSR count). The minimum atomic E-state index is -1.06. The molecule has 1 aromatic rings. The summed E-state index contributed by atoms with van der Waals surface area (Å²) >= 11 is 0. The van der Waals surface area contributed by atoms with Gasteiger partial charge in [0.05, 0.1) is 7.11 Å². The number of ether oxygens (including phenoxy) is 1. The molecule has 144 valence electrons. The van der Waals surface area contributed by atoms with Gasteiger partial charge in [-0.05, 0) is 50.8 Å². The molecule has 0 bridgehead atoms. The number of nitrogens with one attached hydrogen (secondary N) is 2. The van der Waals surface area contributed by atoms with Gasteiger partial charge in [-0.3, -0.25) is 9.59 Å². The average molecular weight is 360 g/mol. The summed E-state index contributed by atoms with van der Waals surface area (Å²) in [5.74, 6) is 0.414. The highest BCUT2D eigenvalue weighted by Crippen LogP contribution is 2.21. The molecule has 1 aliphatic carbocycles. The Labute approximate surface area is 156 Å². The molecule has 0 radical (unpaired) electrons. The predicted octanol–water partition coefficient (Wildman–Crippen LogP) is 3.22. The molecular formula is C21H32N2O3.